The molecule has 2 heterocycles. The van der Waals surface area contributed by atoms with Gasteiger partial charge in [-0.1, -0.05) is 0 Å². The van der Waals surface area contributed by atoms with Gasteiger partial charge in [0.25, 0.3) is 0 Å². The first-order valence-corrected chi connectivity index (χ1v) is 8.37. The predicted molar refractivity (Wildman–Crippen MR) is 91.8 cm³/mol. The lowest BCUT2D eigenvalue weighted by Gasteiger charge is -2.47. The molecule has 0 aromatic heterocycles. The third kappa shape index (κ3) is 3.69. The van der Waals surface area contributed by atoms with E-state index in [1.807, 2.05) is 0 Å². The first kappa shape index (κ1) is 18.6. The lowest BCUT2D eigenvalue weighted by molar-refractivity contribution is -0.152. The van der Waals surface area contributed by atoms with Crippen molar-refractivity contribution in [2.75, 3.05) is 33.9 Å². The maximum atomic E-state index is 12.5. The van der Waals surface area contributed by atoms with Crippen molar-refractivity contribution in [1.82, 2.24) is 15.1 Å². The summed E-state index contributed by atoms with van der Waals surface area (Å²) in [5.74, 6) is 0.816. The maximum absolute atomic E-state index is 12.5. The van der Waals surface area contributed by atoms with Crippen LogP contribution in [0.2, 0.25) is 0 Å². The molecule has 3 amide bonds. The molecule has 2 fully saturated rings. The van der Waals surface area contributed by atoms with Gasteiger partial charge in [-0.2, -0.15) is 0 Å². The number of carbonyl (C=O) groups is 3. The number of likely N-dealkylation sites (tertiary alicyclic amines) is 1. The van der Waals surface area contributed by atoms with Crippen molar-refractivity contribution in [2.45, 2.75) is 18.6 Å². The zero-order chi connectivity index (χ0) is 19.6. The van der Waals surface area contributed by atoms with Crippen LogP contribution < -0.4 is 14.8 Å². The molecule has 0 radical (unpaired) electrons. The Morgan fingerprint density at radius 2 is 2.11 bits per heavy atom. The van der Waals surface area contributed by atoms with Crippen molar-refractivity contribution in [1.29, 1.82) is 0 Å². The Balaban J connectivity index is 1.78. The van der Waals surface area contributed by atoms with Crippen LogP contribution in [0.1, 0.15) is 5.56 Å². The number of hydrogen-bond donors (Lipinski definition) is 2. The third-order valence-corrected chi connectivity index (χ3v) is 4.70. The topological polar surface area (TPSA) is 118 Å². The molecule has 10 nitrogen and oxygen atoms in total. The largest absolute Gasteiger partial charge is 0.497 e. The van der Waals surface area contributed by atoms with E-state index in [0.29, 0.717) is 18.0 Å². The number of ether oxygens (including phenoxy) is 3. The van der Waals surface area contributed by atoms with Gasteiger partial charge in [0, 0.05) is 24.7 Å². The minimum atomic E-state index is -1.29. The second-order valence-corrected chi connectivity index (χ2v) is 6.20. The molecule has 2 atom stereocenters. The number of carbonyl (C=O) groups excluding carboxylic acids is 2. The molecular weight excluding hydrogens is 358 g/mol. The predicted octanol–water partition coefficient (Wildman–Crippen LogP) is 0.503. The van der Waals surface area contributed by atoms with Crippen LogP contribution in [0.5, 0.6) is 11.5 Å². The van der Waals surface area contributed by atoms with Gasteiger partial charge < -0.3 is 34.4 Å². The van der Waals surface area contributed by atoms with E-state index >= 15 is 0 Å². The van der Waals surface area contributed by atoms with E-state index < -0.39 is 24.3 Å². The van der Waals surface area contributed by atoms with Gasteiger partial charge in [0.1, 0.15) is 24.1 Å². The third-order valence-electron chi connectivity index (χ3n) is 4.70. The number of cyclic esters (lactones) is 1. The number of carboxylic acid groups (broad SMARTS) is 1. The molecule has 1 aromatic carbocycles. The summed E-state index contributed by atoms with van der Waals surface area (Å²) in [6, 6.07) is 3.84. The summed E-state index contributed by atoms with van der Waals surface area (Å²) >= 11 is 0. The molecule has 146 valence electrons. The number of nitrogens with one attached hydrogen (secondary N) is 1. The molecule has 0 spiro atoms. The molecule has 0 aliphatic carbocycles. The fourth-order valence-corrected chi connectivity index (χ4v) is 3.28. The SMILES string of the molecule is COc1ccc(CN2C(=O)[C@@H](NC(=O)O)[C@H]2CN2CCOC2=O)c(OC)c1. The molecule has 2 saturated heterocycles. The average Bonchev–Trinajstić information content (AvgIpc) is 3.07. The Kier molecular flexibility index (Phi) is 5.24. The van der Waals surface area contributed by atoms with Gasteiger partial charge in [0.2, 0.25) is 5.91 Å². The Labute approximate surface area is 155 Å². The standard InChI is InChI=1S/C17H21N3O7/c1-25-11-4-3-10(13(7-11)26-2)8-20-12(9-19-5-6-27-17(19)24)14(15(20)21)18-16(22)23/h3-4,7,12,14,18H,5-6,8-9H2,1-2H3,(H,22,23)/t12-,14+/m1/s1. The van der Waals surface area contributed by atoms with Gasteiger partial charge >= 0.3 is 12.2 Å². The van der Waals surface area contributed by atoms with Crippen LogP contribution in [0, 0.1) is 0 Å². The summed E-state index contributed by atoms with van der Waals surface area (Å²) in [7, 11) is 3.06. The molecular formula is C17H21N3O7. The number of methoxy groups -OCH3 is 2. The van der Waals surface area contributed by atoms with E-state index in [2.05, 4.69) is 5.32 Å². The number of β-lactam (4-membered cyclic amide) rings is 1. The number of benzene rings is 1. The van der Waals surface area contributed by atoms with Crippen molar-refractivity contribution in [3.63, 3.8) is 0 Å². The zero-order valence-corrected chi connectivity index (χ0v) is 15.0. The lowest BCUT2D eigenvalue weighted by atomic mass is 9.93. The molecule has 0 unspecified atom stereocenters. The first-order chi connectivity index (χ1) is 12.9. The number of amides is 3. The molecule has 10 heteroatoms. The van der Waals surface area contributed by atoms with Gasteiger partial charge in [-0.3, -0.25) is 4.79 Å². The van der Waals surface area contributed by atoms with Crippen molar-refractivity contribution < 1.29 is 33.7 Å². The average molecular weight is 379 g/mol. The zero-order valence-electron chi connectivity index (χ0n) is 15.0. The van der Waals surface area contributed by atoms with E-state index in [0.717, 1.165) is 5.56 Å². The molecule has 2 N–H and O–H groups in total. The highest BCUT2D eigenvalue weighted by molar-refractivity contribution is 5.92. The second-order valence-electron chi connectivity index (χ2n) is 6.20. The van der Waals surface area contributed by atoms with E-state index in [-0.39, 0.29) is 25.6 Å². The maximum Gasteiger partial charge on any atom is 0.410 e. The fourth-order valence-electron chi connectivity index (χ4n) is 3.28. The van der Waals surface area contributed by atoms with Crippen LogP contribution in [-0.2, 0) is 16.1 Å². The molecule has 2 aliphatic heterocycles. The smallest absolute Gasteiger partial charge is 0.410 e. The van der Waals surface area contributed by atoms with Gasteiger partial charge in [0.05, 0.1) is 26.8 Å². The normalized spacial score (nSPS) is 21.6. The van der Waals surface area contributed by atoms with Crippen LogP contribution in [0.3, 0.4) is 0 Å². The molecule has 1 aromatic rings. The molecule has 2 aliphatic rings. The summed E-state index contributed by atoms with van der Waals surface area (Å²) in [6.45, 7) is 1.09. The van der Waals surface area contributed by atoms with Crippen LogP contribution >= 0.6 is 0 Å². The number of hydrogen-bond acceptors (Lipinski definition) is 6. The monoisotopic (exact) mass is 379 g/mol. The molecule has 27 heavy (non-hydrogen) atoms. The fraction of sp³-hybridized carbons (Fsp3) is 0.471. The van der Waals surface area contributed by atoms with Crippen LogP contribution in [0.25, 0.3) is 0 Å². The summed E-state index contributed by atoms with van der Waals surface area (Å²) in [5.41, 5.74) is 0.745. The van der Waals surface area contributed by atoms with E-state index in [4.69, 9.17) is 19.3 Å². The van der Waals surface area contributed by atoms with E-state index in [1.165, 1.54) is 16.9 Å². The molecule has 0 bridgehead atoms. The van der Waals surface area contributed by atoms with Gasteiger partial charge in [-0.25, -0.2) is 9.59 Å². The van der Waals surface area contributed by atoms with Crippen LogP contribution in [-0.4, -0.2) is 79.0 Å². The summed E-state index contributed by atoms with van der Waals surface area (Å²) in [5, 5.41) is 11.2. The van der Waals surface area contributed by atoms with Crippen LogP contribution in [0.15, 0.2) is 18.2 Å². The summed E-state index contributed by atoms with van der Waals surface area (Å²) in [4.78, 5) is 38.2. The van der Waals surface area contributed by atoms with Crippen LogP contribution in [0.4, 0.5) is 9.59 Å². The van der Waals surface area contributed by atoms with Crippen molar-refractivity contribution in [3.8, 4) is 11.5 Å². The van der Waals surface area contributed by atoms with Crippen molar-refractivity contribution in [2.24, 2.45) is 0 Å². The number of rotatable bonds is 7. The lowest BCUT2D eigenvalue weighted by Crippen LogP contribution is -2.72. The number of nitrogens with zero attached hydrogens (tertiary/aromatic N) is 2. The second kappa shape index (κ2) is 7.60. The highest BCUT2D eigenvalue weighted by Crippen LogP contribution is 2.30. The minimum Gasteiger partial charge on any atom is -0.497 e. The molecule has 0 saturated carbocycles. The highest BCUT2D eigenvalue weighted by atomic mass is 16.6. The minimum absolute atomic E-state index is 0.188. The Hall–Kier alpha value is -3.17. The van der Waals surface area contributed by atoms with Gasteiger partial charge in [-0.05, 0) is 12.1 Å². The Bertz CT molecular complexity index is 754. The van der Waals surface area contributed by atoms with Gasteiger partial charge in [-0.15, -0.1) is 0 Å². The summed E-state index contributed by atoms with van der Waals surface area (Å²) < 4.78 is 15.4. The van der Waals surface area contributed by atoms with E-state index in [1.54, 1.807) is 25.3 Å². The molecule has 3 rings (SSSR count). The van der Waals surface area contributed by atoms with Crippen molar-refractivity contribution >= 4 is 18.1 Å². The summed E-state index contributed by atoms with van der Waals surface area (Å²) in [6.07, 6.45) is -1.76. The van der Waals surface area contributed by atoms with Crippen molar-refractivity contribution in [3.05, 3.63) is 23.8 Å². The quantitative estimate of drug-likeness (QED) is 0.663. The Morgan fingerprint density at radius 3 is 2.70 bits per heavy atom. The first-order valence-electron chi connectivity index (χ1n) is 8.37. The van der Waals surface area contributed by atoms with E-state index in [9.17, 15) is 14.4 Å². The van der Waals surface area contributed by atoms with Gasteiger partial charge in [0.15, 0.2) is 0 Å². The Morgan fingerprint density at radius 1 is 1.33 bits per heavy atom. The highest BCUT2D eigenvalue weighted by Gasteiger charge is 2.49.